The van der Waals surface area contributed by atoms with Crippen LogP contribution in [0.3, 0.4) is 0 Å². The van der Waals surface area contributed by atoms with E-state index in [2.05, 4.69) is 19.2 Å². The van der Waals surface area contributed by atoms with Gasteiger partial charge in [-0.3, -0.25) is 4.79 Å². The van der Waals surface area contributed by atoms with Crippen molar-refractivity contribution in [3.63, 3.8) is 0 Å². The van der Waals surface area contributed by atoms with Crippen LogP contribution in [0.2, 0.25) is 0 Å². The van der Waals surface area contributed by atoms with Crippen LogP contribution in [0.4, 0.5) is 5.69 Å². The van der Waals surface area contributed by atoms with Crippen LogP contribution >= 0.6 is 0 Å². The number of carbonyl (C=O) groups excluding carboxylic acids is 1. The Balaban J connectivity index is 2.25. The predicted octanol–water partition coefficient (Wildman–Crippen LogP) is 4.05. The summed E-state index contributed by atoms with van der Waals surface area (Å²) < 4.78 is 6.27. The van der Waals surface area contributed by atoms with Crippen LogP contribution < -0.4 is 10.1 Å². The van der Waals surface area contributed by atoms with Gasteiger partial charge in [-0.1, -0.05) is 6.92 Å². The number of ether oxygens (including phenoxy) is 1. The van der Waals surface area contributed by atoms with Gasteiger partial charge in [0.2, 0.25) is 0 Å². The first-order valence-corrected chi connectivity index (χ1v) is 9.29. The highest BCUT2D eigenvalue weighted by molar-refractivity contribution is 5.95. The number of rotatable bonds is 7. The Hall–Kier alpha value is -1.55. The van der Waals surface area contributed by atoms with Crippen molar-refractivity contribution in [3.8, 4) is 5.75 Å². The van der Waals surface area contributed by atoms with Crippen LogP contribution in [-0.4, -0.2) is 43.2 Å². The molecule has 1 N–H and O–H groups in total. The Morgan fingerprint density at radius 3 is 2.25 bits per heavy atom. The largest absolute Gasteiger partial charge is 0.497 e. The van der Waals surface area contributed by atoms with E-state index in [0.717, 1.165) is 59.5 Å². The van der Waals surface area contributed by atoms with E-state index in [0.29, 0.717) is 0 Å². The first-order chi connectivity index (χ1) is 11.5. The van der Waals surface area contributed by atoms with Crippen molar-refractivity contribution in [1.82, 2.24) is 0 Å². The molecule has 1 saturated heterocycles. The molecular weight excluding hydrogens is 300 g/mol. The third kappa shape index (κ3) is 3.75. The number of benzene rings is 1. The molecule has 1 atom stereocenters. The van der Waals surface area contributed by atoms with E-state index in [1.165, 1.54) is 12.8 Å². The molecule has 1 aliphatic rings. The predicted molar refractivity (Wildman–Crippen MR) is 99.6 cm³/mol. The van der Waals surface area contributed by atoms with E-state index in [4.69, 9.17) is 4.74 Å². The van der Waals surface area contributed by atoms with Gasteiger partial charge in [0.05, 0.1) is 26.7 Å². The minimum atomic E-state index is 0.0587. The second-order valence-electron chi connectivity index (χ2n) is 7.12. The number of aryl methyl sites for hydroxylation is 2. The number of amides is 1. The van der Waals surface area contributed by atoms with Crippen molar-refractivity contribution in [3.05, 3.63) is 23.3 Å². The standard InChI is InChI=1S/C20H32N2O2/c1-6-10-18(22(7-2)11-8-9-12-22)20(23)21-19-15(3)13-17(24-5)14-16(19)4/h13-14,18H,6-12H2,1-5H3/p+1. The highest BCUT2D eigenvalue weighted by Crippen LogP contribution is 2.30. The highest BCUT2D eigenvalue weighted by Gasteiger charge is 2.42. The molecule has 4 heteroatoms. The first kappa shape index (κ1) is 18.8. The Bertz CT molecular complexity index is 554. The Morgan fingerprint density at radius 1 is 1.21 bits per heavy atom. The third-order valence-corrected chi connectivity index (χ3v) is 5.60. The maximum Gasteiger partial charge on any atom is 0.282 e. The first-order valence-electron chi connectivity index (χ1n) is 9.29. The lowest BCUT2D eigenvalue weighted by Gasteiger charge is -2.40. The molecule has 0 aromatic heterocycles. The van der Waals surface area contributed by atoms with Crippen LogP contribution in [0.25, 0.3) is 0 Å². The minimum absolute atomic E-state index is 0.0587. The Labute approximate surface area is 146 Å². The quantitative estimate of drug-likeness (QED) is 0.765. The molecule has 1 unspecified atom stereocenters. The maximum atomic E-state index is 13.2. The smallest absolute Gasteiger partial charge is 0.282 e. The highest BCUT2D eigenvalue weighted by atomic mass is 16.5. The lowest BCUT2D eigenvalue weighted by atomic mass is 10.0. The summed E-state index contributed by atoms with van der Waals surface area (Å²) in [7, 11) is 1.67. The normalized spacial score (nSPS) is 17.5. The molecule has 1 aromatic carbocycles. The molecule has 1 fully saturated rings. The minimum Gasteiger partial charge on any atom is -0.497 e. The molecule has 4 nitrogen and oxygen atoms in total. The third-order valence-electron chi connectivity index (χ3n) is 5.60. The van der Waals surface area contributed by atoms with Gasteiger partial charge in [0.15, 0.2) is 6.04 Å². The summed E-state index contributed by atoms with van der Waals surface area (Å²) in [5.41, 5.74) is 3.05. The van der Waals surface area contributed by atoms with Crippen LogP contribution in [0.5, 0.6) is 5.75 Å². The number of likely N-dealkylation sites (N-methyl/N-ethyl adjacent to an activating group) is 1. The molecule has 0 aliphatic carbocycles. The summed E-state index contributed by atoms with van der Waals surface area (Å²) in [5, 5.41) is 3.24. The van der Waals surface area contributed by atoms with Crippen molar-refractivity contribution >= 4 is 11.6 Å². The lowest BCUT2D eigenvalue weighted by Crippen LogP contribution is -2.58. The zero-order chi connectivity index (χ0) is 17.7. The molecule has 24 heavy (non-hydrogen) atoms. The molecular formula is C20H33N2O2+. The summed E-state index contributed by atoms with van der Waals surface area (Å²) in [5.74, 6) is 1.02. The van der Waals surface area contributed by atoms with Gasteiger partial charge in [-0.25, -0.2) is 0 Å². The number of hydrogen-bond acceptors (Lipinski definition) is 2. The van der Waals surface area contributed by atoms with Gasteiger partial charge in [0.1, 0.15) is 5.75 Å². The van der Waals surface area contributed by atoms with Crippen molar-refractivity contribution in [1.29, 1.82) is 0 Å². The van der Waals surface area contributed by atoms with E-state index in [1.807, 2.05) is 26.0 Å². The fourth-order valence-electron chi connectivity index (χ4n) is 4.19. The van der Waals surface area contributed by atoms with E-state index < -0.39 is 0 Å². The second kappa shape index (κ2) is 8.02. The number of anilines is 1. The maximum absolute atomic E-state index is 13.2. The zero-order valence-corrected chi connectivity index (χ0v) is 15.9. The van der Waals surface area contributed by atoms with Crippen molar-refractivity contribution < 1.29 is 14.0 Å². The second-order valence-corrected chi connectivity index (χ2v) is 7.12. The number of likely N-dealkylation sites (tertiary alicyclic amines) is 1. The molecule has 1 aromatic rings. The molecule has 1 aliphatic heterocycles. The van der Waals surface area contributed by atoms with Gasteiger partial charge < -0.3 is 14.5 Å². The Morgan fingerprint density at radius 2 is 1.79 bits per heavy atom. The van der Waals surface area contributed by atoms with Crippen LogP contribution in [0.15, 0.2) is 12.1 Å². The van der Waals surface area contributed by atoms with Crippen LogP contribution in [-0.2, 0) is 4.79 Å². The number of carbonyl (C=O) groups is 1. The van der Waals surface area contributed by atoms with Gasteiger partial charge >= 0.3 is 0 Å². The average molecular weight is 333 g/mol. The summed E-state index contributed by atoms with van der Waals surface area (Å²) in [6.45, 7) is 11.8. The van der Waals surface area contributed by atoms with Crippen molar-refractivity contribution in [2.75, 3.05) is 32.1 Å². The number of hydrogen-bond donors (Lipinski definition) is 1. The SMILES string of the molecule is CCCC(C(=O)Nc1c(C)cc(OC)cc1C)[N+]1(CC)CCCC1. The van der Waals surface area contributed by atoms with Crippen molar-refractivity contribution in [2.45, 2.75) is 59.4 Å². The van der Waals surface area contributed by atoms with E-state index in [-0.39, 0.29) is 11.9 Å². The van der Waals surface area contributed by atoms with Crippen LogP contribution in [0, 0.1) is 13.8 Å². The number of methoxy groups -OCH3 is 1. The number of quaternary nitrogens is 1. The van der Waals surface area contributed by atoms with Gasteiger partial charge in [0, 0.05) is 24.9 Å². The molecule has 0 radical (unpaired) electrons. The summed E-state index contributed by atoms with van der Waals surface area (Å²) in [6, 6.07) is 4.03. The fourth-order valence-corrected chi connectivity index (χ4v) is 4.19. The van der Waals surface area contributed by atoms with Gasteiger partial charge in [-0.05, 0) is 50.5 Å². The van der Waals surface area contributed by atoms with E-state index in [9.17, 15) is 4.79 Å². The molecule has 0 bridgehead atoms. The monoisotopic (exact) mass is 333 g/mol. The topological polar surface area (TPSA) is 38.3 Å². The summed E-state index contributed by atoms with van der Waals surface area (Å²) in [4.78, 5) is 13.2. The molecule has 2 rings (SSSR count). The zero-order valence-electron chi connectivity index (χ0n) is 15.9. The summed E-state index contributed by atoms with van der Waals surface area (Å²) >= 11 is 0. The fraction of sp³-hybridized carbons (Fsp3) is 0.650. The summed E-state index contributed by atoms with van der Waals surface area (Å²) in [6.07, 6.45) is 4.47. The van der Waals surface area contributed by atoms with E-state index in [1.54, 1.807) is 7.11 Å². The Kier molecular flexibility index (Phi) is 6.27. The van der Waals surface area contributed by atoms with Gasteiger partial charge in [-0.2, -0.15) is 0 Å². The van der Waals surface area contributed by atoms with Gasteiger partial charge in [0.25, 0.3) is 5.91 Å². The molecule has 0 spiro atoms. The van der Waals surface area contributed by atoms with Crippen molar-refractivity contribution in [2.24, 2.45) is 0 Å². The number of nitrogens with one attached hydrogen (secondary N) is 1. The van der Waals surface area contributed by atoms with Crippen LogP contribution in [0.1, 0.15) is 50.7 Å². The molecule has 1 heterocycles. The molecule has 0 saturated carbocycles. The van der Waals surface area contributed by atoms with Gasteiger partial charge in [-0.15, -0.1) is 0 Å². The lowest BCUT2D eigenvalue weighted by molar-refractivity contribution is -0.930. The number of nitrogens with zero attached hydrogens (tertiary/aromatic N) is 1. The molecule has 1 amide bonds. The average Bonchev–Trinajstić information content (AvgIpc) is 3.05. The molecule has 134 valence electrons. The van der Waals surface area contributed by atoms with E-state index >= 15 is 0 Å².